The number of benzene rings is 1. The minimum atomic E-state index is -0.818. The van der Waals surface area contributed by atoms with Gasteiger partial charge in [-0.1, -0.05) is 0 Å². The van der Waals surface area contributed by atoms with Gasteiger partial charge in [-0.25, -0.2) is 20.2 Å². The molecule has 1 amide bonds. The molecule has 10 heteroatoms. The fraction of sp³-hybridized carbons (Fsp3) is 0.143. The zero-order valence-corrected chi connectivity index (χ0v) is 12.6. The van der Waals surface area contributed by atoms with E-state index in [4.69, 9.17) is 0 Å². The predicted octanol–water partition coefficient (Wildman–Crippen LogP) is 0.892. The summed E-state index contributed by atoms with van der Waals surface area (Å²) in [6, 6.07) is 4.98. The van der Waals surface area contributed by atoms with E-state index in [0.717, 1.165) is 0 Å². The highest BCUT2D eigenvalue weighted by atomic mass is 16.5. The van der Waals surface area contributed by atoms with Gasteiger partial charge in [0, 0.05) is 18.1 Å². The Morgan fingerprint density at radius 2 is 2.25 bits per heavy atom. The number of nitrogens with one attached hydrogen (secondary N) is 2. The summed E-state index contributed by atoms with van der Waals surface area (Å²) in [5.74, 6) is -0.242. The van der Waals surface area contributed by atoms with Crippen LogP contribution in [0.25, 0.3) is 16.7 Å². The quantitative estimate of drug-likeness (QED) is 0.479. The third kappa shape index (κ3) is 2.84. The molecule has 0 aliphatic rings. The lowest BCUT2D eigenvalue weighted by Crippen LogP contribution is -2.35. The second-order valence-electron chi connectivity index (χ2n) is 4.69. The third-order valence-corrected chi connectivity index (χ3v) is 3.18. The lowest BCUT2D eigenvalue weighted by Gasteiger charge is -2.10. The van der Waals surface area contributed by atoms with E-state index < -0.39 is 11.7 Å². The lowest BCUT2D eigenvalue weighted by molar-refractivity contribution is 0.154. The number of ether oxygens (including phenoxy) is 1. The topological polar surface area (TPSA) is 123 Å². The molecule has 0 spiro atoms. The maximum Gasteiger partial charge on any atom is 0.425 e. The summed E-state index contributed by atoms with van der Waals surface area (Å²) in [5.41, 5.74) is 4.94. The molecular weight excluding hydrogens is 316 g/mol. The zero-order valence-electron chi connectivity index (χ0n) is 12.6. The number of nitrogens with zero attached hydrogens (tertiary/aromatic N) is 4. The average molecular weight is 330 g/mol. The van der Waals surface area contributed by atoms with Crippen LogP contribution >= 0.6 is 0 Å². The van der Waals surface area contributed by atoms with Crippen molar-refractivity contribution < 1.29 is 14.7 Å². The highest BCUT2D eigenvalue weighted by molar-refractivity contribution is 5.78. The third-order valence-electron chi connectivity index (χ3n) is 3.18. The minimum Gasteiger partial charge on any atom is -0.449 e. The van der Waals surface area contributed by atoms with Gasteiger partial charge < -0.3 is 14.5 Å². The number of carbonyl (C=O) groups excluding carboxylic acids is 1. The molecule has 2 aromatic heterocycles. The number of imidazole rings is 1. The molecule has 24 heavy (non-hydrogen) atoms. The van der Waals surface area contributed by atoms with E-state index in [2.05, 4.69) is 25.6 Å². The summed E-state index contributed by atoms with van der Waals surface area (Å²) < 4.78 is 6.83. The predicted molar refractivity (Wildman–Crippen MR) is 84.1 cm³/mol. The summed E-state index contributed by atoms with van der Waals surface area (Å²) in [4.78, 5) is 31.4. The van der Waals surface area contributed by atoms with E-state index >= 15 is 0 Å². The number of amides is 1. The Hall–Kier alpha value is -3.56. The molecular formula is C14H14N6O4. The normalized spacial score (nSPS) is 10.5. The van der Waals surface area contributed by atoms with Gasteiger partial charge >= 0.3 is 11.7 Å². The van der Waals surface area contributed by atoms with Crippen molar-refractivity contribution in [2.24, 2.45) is 0 Å². The van der Waals surface area contributed by atoms with Crippen LogP contribution in [0.5, 0.6) is 0 Å². The highest BCUT2D eigenvalue weighted by Gasteiger charge is 2.12. The molecule has 10 nitrogen and oxygen atoms in total. The van der Waals surface area contributed by atoms with E-state index in [-0.39, 0.29) is 17.9 Å². The largest absolute Gasteiger partial charge is 0.449 e. The molecule has 124 valence electrons. The van der Waals surface area contributed by atoms with Crippen LogP contribution in [-0.2, 0) is 4.74 Å². The van der Waals surface area contributed by atoms with Gasteiger partial charge in [0.25, 0.3) is 0 Å². The minimum absolute atomic E-state index is 0.180. The Balaban J connectivity index is 1.97. The van der Waals surface area contributed by atoms with Gasteiger partial charge in [0.1, 0.15) is 5.52 Å². The molecule has 0 radical (unpaired) electrons. The second-order valence-corrected chi connectivity index (χ2v) is 4.69. The molecule has 0 fully saturated rings. The Kier molecular flexibility index (Phi) is 4.01. The van der Waals surface area contributed by atoms with E-state index in [1.807, 2.05) is 0 Å². The average Bonchev–Trinajstić information content (AvgIpc) is 3.11. The van der Waals surface area contributed by atoms with E-state index in [9.17, 15) is 14.8 Å². The first-order valence-electron chi connectivity index (χ1n) is 7.03. The van der Waals surface area contributed by atoms with Crippen LogP contribution in [0.3, 0.4) is 0 Å². The zero-order chi connectivity index (χ0) is 17.1. The van der Waals surface area contributed by atoms with Crippen LogP contribution in [0.1, 0.15) is 6.92 Å². The lowest BCUT2D eigenvalue weighted by atomic mass is 10.2. The molecule has 2 heterocycles. The van der Waals surface area contributed by atoms with Gasteiger partial charge in [0.05, 0.1) is 18.5 Å². The van der Waals surface area contributed by atoms with Crippen LogP contribution in [0, 0.1) is 0 Å². The second kappa shape index (κ2) is 6.28. The molecule has 0 atom stereocenters. The maximum atomic E-state index is 12.1. The first-order valence-corrected chi connectivity index (χ1v) is 7.03. The van der Waals surface area contributed by atoms with Crippen LogP contribution in [0.15, 0.2) is 41.7 Å². The molecule has 0 saturated heterocycles. The van der Waals surface area contributed by atoms with Crippen molar-refractivity contribution in [2.45, 2.75) is 6.92 Å². The van der Waals surface area contributed by atoms with Crippen molar-refractivity contribution in [1.29, 1.82) is 0 Å². The molecule has 0 bridgehead atoms. The molecule has 3 aromatic rings. The molecule has 3 N–H and O–H groups in total. The molecule has 0 unspecified atom stereocenters. The van der Waals surface area contributed by atoms with Crippen LogP contribution in [0.2, 0.25) is 0 Å². The number of fused-ring (bicyclic) bond motifs is 1. The highest BCUT2D eigenvalue weighted by Crippen LogP contribution is 2.16. The SMILES string of the molecule is CCOC(=O)NNc1nc2ccc(-n3ccnc3)cc2n(O)c1=O. The van der Waals surface area contributed by atoms with Crippen molar-refractivity contribution in [2.75, 3.05) is 12.0 Å². The smallest absolute Gasteiger partial charge is 0.425 e. The first kappa shape index (κ1) is 15.3. The number of hydrogen-bond acceptors (Lipinski definition) is 7. The first-order chi connectivity index (χ1) is 11.6. The summed E-state index contributed by atoms with van der Waals surface area (Å²) in [7, 11) is 0. The molecule has 3 rings (SSSR count). The summed E-state index contributed by atoms with van der Waals surface area (Å²) >= 11 is 0. The van der Waals surface area contributed by atoms with Gasteiger partial charge in [-0.3, -0.25) is 10.2 Å². The fourth-order valence-electron chi connectivity index (χ4n) is 2.09. The van der Waals surface area contributed by atoms with Crippen molar-refractivity contribution in [1.82, 2.24) is 24.7 Å². The number of hydrogen-bond donors (Lipinski definition) is 3. The standard InChI is InChI=1S/C14H14N6O4/c1-2-24-14(22)18-17-12-13(21)20(23)11-7-9(3-4-10(11)16-12)19-6-5-15-8-19/h3-8,23H,2H2,1H3,(H,16,17)(H,18,22). The van der Waals surface area contributed by atoms with Crippen LogP contribution in [0.4, 0.5) is 10.6 Å². The van der Waals surface area contributed by atoms with Gasteiger partial charge in [-0.15, -0.1) is 4.73 Å². The monoisotopic (exact) mass is 330 g/mol. The van der Waals surface area contributed by atoms with Crippen molar-refractivity contribution in [3.63, 3.8) is 0 Å². The van der Waals surface area contributed by atoms with Gasteiger partial charge in [0.2, 0.25) is 5.82 Å². The van der Waals surface area contributed by atoms with Crippen molar-refractivity contribution >= 4 is 22.9 Å². The molecule has 1 aromatic carbocycles. The van der Waals surface area contributed by atoms with E-state index in [1.165, 1.54) is 0 Å². The molecule has 0 aliphatic heterocycles. The van der Waals surface area contributed by atoms with Gasteiger partial charge in [0.15, 0.2) is 0 Å². The van der Waals surface area contributed by atoms with Crippen LogP contribution in [-0.4, -0.2) is 37.2 Å². The molecule has 0 saturated carbocycles. The number of anilines is 1. The van der Waals surface area contributed by atoms with Gasteiger partial charge in [-0.05, 0) is 25.1 Å². The molecule has 0 aliphatic carbocycles. The number of aromatic nitrogens is 4. The number of hydrazine groups is 1. The summed E-state index contributed by atoms with van der Waals surface area (Å²) in [6.07, 6.45) is 4.17. The Morgan fingerprint density at radius 1 is 1.42 bits per heavy atom. The van der Waals surface area contributed by atoms with Crippen LogP contribution < -0.4 is 16.4 Å². The number of carbonyl (C=O) groups is 1. The fourth-order valence-corrected chi connectivity index (χ4v) is 2.09. The van der Waals surface area contributed by atoms with Crippen molar-refractivity contribution in [3.8, 4) is 5.69 Å². The van der Waals surface area contributed by atoms with E-state index in [1.54, 1.807) is 48.4 Å². The Morgan fingerprint density at radius 3 is 2.96 bits per heavy atom. The Labute approximate surface area is 135 Å². The van der Waals surface area contributed by atoms with Crippen molar-refractivity contribution in [3.05, 3.63) is 47.3 Å². The van der Waals surface area contributed by atoms with E-state index in [0.29, 0.717) is 15.9 Å². The maximum absolute atomic E-state index is 12.1. The number of rotatable bonds is 4. The summed E-state index contributed by atoms with van der Waals surface area (Å²) in [6.45, 7) is 1.83. The summed E-state index contributed by atoms with van der Waals surface area (Å²) in [5, 5.41) is 10.1. The van der Waals surface area contributed by atoms with Gasteiger partial charge in [-0.2, -0.15) is 0 Å². The Bertz CT molecular complexity index is 934.